The zero-order chi connectivity index (χ0) is 17.8. The Labute approximate surface area is 137 Å². The van der Waals surface area contributed by atoms with Crippen molar-refractivity contribution in [3.8, 4) is 5.75 Å². The summed E-state index contributed by atoms with van der Waals surface area (Å²) in [7, 11) is 1.47. The van der Waals surface area contributed by atoms with E-state index in [9.17, 15) is 14.7 Å². The smallest absolute Gasteiger partial charge is 0.351 e. The molecule has 1 aromatic carbocycles. The summed E-state index contributed by atoms with van der Waals surface area (Å²) < 4.78 is 10.4. The quantitative estimate of drug-likeness (QED) is 0.644. The van der Waals surface area contributed by atoms with Gasteiger partial charge in [-0.15, -0.1) is 0 Å². The van der Waals surface area contributed by atoms with Crippen LogP contribution < -0.4 is 4.74 Å². The summed E-state index contributed by atoms with van der Waals surface area (Å²) in [5.74, 6) is -1.11. The highest BCUT2D eigenvalue weighted by Gasteiger charge is 2.48. The van der Waals surface area contributed by atoms with Crippen molar-refractivity contribution < 1.29 is 24.2 Å². The van der Waals surface area contributed by atoms with Crippen LogP contribution >= 0.6 is 0 Å². The number of methoxy groups -OCH3 is 1. The van der Waals surface area contributed by atoms with E-state index in [4.69, 9.17) is 9.47 Å². The molecule has 23 heavy (non-hydrogen) atoms. The molecule has 0 heterocycles. The molecule has 1 unspecified atom stereocenters. The first kappa shape index (κ1) is 19.2. The first-order valence-corrected chi connectivity index (χ1v) is 7.64. The van der Waals surface area contributed by atoms with Gasteiger partial charge in [0.1, 0.15) is 11.4 Å². The molecule has 0 fully saturated rings. The average molecular weight is 322 g/mol. The lowest BCUT2D eigenvalue weighted by Gasteiger charge is -2.30. The summed E-state index contributed by atoms with van der Waals surface area (Å²) in [6.45, 7) is 8.75. The number of carbonyl (C=O) groups excluding carboxylic acids is 2. The van der Waals surface area contributed by atoms with Gasteiger partial charge in [0.25, 0.3) is 0 Å². The standard InChI is InChI=1S/C18H26O5/c1-12(2)10-15(19)18(21,16(20)23-17(3,4)5)13-8-7-9-14(11-13)22-6/h7-9,11-12,21H,10H2,1-6H3. The fourth-order valence-electron chi connectivity index (χ4n) is 2.11. The highest BCUT2D eigenvalue weighted by molar-refractivity contribution is 6.07. The normalized spacial score (nSPS) is 14.3. The molecule has 0 aliphatic heterocycles. The maximum absolute atomic E-state index is 12.6. The Morgan fingerprint density at radius 3 is 2.30 bits per heavy atom. The lowest BCUT2D eigenvalue weighted by Crippen LogP contribution is -2.47. The number of carbonyl (C=O) groups is 2. The molecule has 1 atom stereocenters. The van der Waals surface area contributed by atoms with E-state index in [-0.39, 0.29) is 17.9 Å². The van der Waals surface area contributed by atoms with Crippen LogP contribution in [0.1, 0.15) is 46.6 Å². The van der Waals surface area contributed by atoms with Crippen LogP contribution in [0.2, 0.25) is 0 Å². The van der Waals surface area contributed by atoms with Crippen molar-refractivity contribution in [1.29, 1.82) is 0 Å². The molecule has 1 aromatic rings. The number of rotatable bonds is 6. The minimum absolute atomic E-state index is 0.00192. The summed E-state index contributed by atoms with van der Waals surface area (Å²) in [4.78, 5) is 25.2. The zero-order valence-corrected chi connectivity index (χ0v) is 14.7. The van der Waals surface area contributed by atoms with Crippen LogP contribution in [-0.4, -0.2) is 29.6 Å². The van der Waals surface area contributed by atoms with Crippen LogP contribution in [0.4, 0.5) is 0 Å². The summed E-state index contributed by atoms with van der Waals surface area (Å²) in [5.41, 5.74) is -3.01. The van der Waals surface area contributed by atoms with Crippen molar-refractivity contribution in [1.82, 2.24) is 0 Å². The molecule has 0 spiro atoms. The molecule has 0 aliphatic rings. The Balaban J connectivity index is 3.35. The summed E-state index contributed by atoms with van der Waals surface area (Å²) >= 11 is 0. The van der Waals surface area contributed by atoms with Crippen LogP contribution in [0.5, 0.6) is 5.75 Å². The number of hydrogen-bond acceptors (Lipinski definition) is 5. The maximum Gasteiger partial charge on any atom is 0.351 e. The molecule has 0 amide bonds. The lowest BCUT2D eigenvalue weighted by atomic mass is 9.85. The Morgan fingerprint density at radius 2 is 1.83 bits per heavy atom. The number of ketones is 1. The second-order valence-corrected chi connectivity index (χ2v) is 6.97. The van der Waals surface area contributed by atoms with Crippen molar-refractivity contribution in [2.24, 2.45) is 5.92 Å². The van der Waals surface area contributed by atoms with Gasteiger partial charge < -0.3 is 14.6 Å². The third-order valence-corrected chi connectivity index (χ3v) is 3.18. The first-order chi connectivity index (χ1) is 10.5. The van der Waals surface area contributed by atoms with Crippen molar-refractivity contribution in [3.63, 3.8) is 0 Å². The van der Waals surface area contributed by atoms with E-state index in [0.29, 0.717) is 5.75 Å². The van der Waals surface area contributed by atoms with Crippen LogP contribution in [0.25, 0.3) is 0 Å². The van der Waals surface area contributed by atoms with Gasteiger partial charge in [0.05, 0.1) is 7.11 Å². The molecule has 5 heteroatoms. The Kier molecular flexibility index (Phi) is 5.94. The van der Waals surface area contributed by atoms with Crippen molar-refractivity contribution in [2.75, 3.05) is 7.11 Å². The van der Waals surface area contributed by atoms with Gasteiger partial charge in [-0.05, 0) is 38.8 Å². The Hall–Kier alpha value is -1.88. The molecule has 0 aliphatic carbocycles. The number of Topliss-reactive ketones (excluding diaryl/α,β-unsaturated/α-hetero) is 1. The molecule has 0 saturated heterocycles. The molecule has 5 nitrogen and oxygen atoms in total. The molecular weight excluding hydrogens is 296 g/mol. The topological polar surface area (TPSA) is 72.8 Å². The van der Waals surface area contributed by atoms with Gasteiger partial charge in [0.15, 0.2) is 5.78 Å². The minimum Gasteiger partial charge on any atom is -0.497 e. The van der Waals surface area contributed by atoms with E-state index < -0.39 is 23.0 Å². The number of hydrogen-bond donors (Lipinski definition) is 1. The first-order valence-electron chi connectivity index (χ1n) is 7.64. The van der Waals surface area contributed by atoms with Gasteiger partial charge in [-0.25, -0.2) is 4.79 Å². The maximum atomic E-state index is 12.6. The van der Waals surface area contributed by atoms with Crippen molar-refractivity contribution in [2.45, 2.75) is 52.2 Å². The molecular formula is C18H26O5. The van der Waals surface area contributed by atoms with Gasteiger partial charge >= 0.3 is 5.97 Å². The van der Waals surface area contributed by atoms with Gasteiger partial charge in [-0.1, -0.05) is 26.0 Å². The average Bonchev–Trinajstić information content (AvgIpc) is 2.43. The molecule has 1 N–H and O–H groups in total. The van der Waals surface area contributed by atoms with E-state index in [1.54, 1.807) is 32.9 Å². The van der Waals surface area contributed by atoms with Crippen molar-refractivity contribution >= 4 is 11.8 Å². The predicted molar refractivity (Wildman–Crippen MR) is 87.2 cm³/mol. The number of esters is 1. The van der Waals surface area contributed by atoms with Crippen LogP contribution in [0.15, 0.2) is 24.3 Å². The van der Waals surface area contributed by atoms with Gasteiger partial charge in [0.2, 0.25) is 5.60 Å². The fraction of sp³-hybridized carbons (Fsp3) is 0.556. The molecule has 0 aromatic heterocycles. The molecule has 128 valence electrons. The molecule has 0 radical (unpaired) electrons. The van der Waals surface area contributed by atoms with Gasteiger partial charge in [-0.2, -0.15) is 0 Å². The second-order valence-electron chi connectivity index (χ2n) is 6.97. The van der Waals surface area contributed by atoms with E-state index >= 15 is 0 Å². The fourth-order valence-corrected chi connectivity index (χ4v) is 2.11. The van der Waals surface area contributed by atoms with E-state index in [1.165, 1.54) is 19.2 Å². The Bertz CT molecular complexity index is 571. The van der Waals surface area contributed by atoms with Crippen molar-refractivity contribution in [3.05, 3.63) is 29.8 Å². The SMILES string of the molecule is COc1cccc(C(O)(C(=O)CC(C)C)C(=O)OC(C)(C)C)c1. The highest BCUT2D eigenvalue weighted by Crippen LogP contribution is 2.31. The zero-order valence-electron chi connectivity index (χ0n) is 14.7. The number of ether oxygens (including phenoxy) is 2. The van der Waals surface area contributed by atoms with E-state index in [1.807, 2.05) is 13.8 Å². The molecule has 0 saturated carbocycles. The summed E-state index contributed by atoms with van der Waals surface area (Å²) in [5, 5.41) is 11.0. The second kappa shape index (κ2) is 7.13. The van der Waals surface area contributed by atoms with Crippen LogP contribution in [-0.2, 0) is 19.9 Å². The third kappa shape index (κ3) is 4.79. The monoisotopic (exact) mass is 322 g/mol. The molecule has 0 bridgehead atoms. The summed E-state index contributed by atoms with van der Waals surface area (Å²) in [6.07, 6.45) is 0.0625. The minimum atomic E-state index is -2.34. The van der Waals surface area contributed by atoms with Gasteiger partial charge in [-0.3, -0.25) is 4.79 Å². The highest BCUT2D eigenvalue weighted by atomic mass is 16.6. The van der Waals surface area contributed by atoms with Crippen LogP contribution in [0, 0.1) is 5.92 Å². The summed E-state index contributed by atoms with van der Waals surface area (Å²) in [6, 6.07) is 6.28. The third-order valence-electron chi connectivity index (χ3n) is 3.18. The Morgan fingerprint density at radius 1 is 1.22 bits per heavy atom. The lowest BCUT2D eigenvalue weighted by molar-refractivity contribution is -0.181. The predicted octanol–water partition coefficient (Wildman–Crippen LogP) is 2.84. The molecule has 1 rings (SSSR count). The van der Waals surface area contributed by atoms with Gasteiger partial charge in [0, 0.05) is 12.0 Å². The number of benzene rings is 1. The largest absolute Gasteiger partial charge is 0.497 e. The van der Waals surface area contributed by atoms with Crippen LogP contribution in [0.3, 0.4) is 0 Å². The van der Waals surface area contributed by atoms with E-state index in [0.717, 1.165) is 0 Å². The van der Waals surface area contributed by atoms with E-state index in [2.05, 4.69) is 0 Å². The number of aliphatic hydroxyl groups is 1.